The van der Waals surface area contributed by atoms with Gasteiger partial charge in [0.1, 0.15) is 0 Å². The van der Waals surface area contributed by atoms with Crippen LogP contribution >= 0.6 is 0 Å². The summed E-state index contributed by atoms with van der Waals surface area (Å²) in [6.45, 7) is 1.02. The van der Waals surface area contributed by atoms with Crippen molar-refractivity contribution in [1.82, 2.24) is 5.32 Å². The summed E-state index contributed by atoms with van der Waals surface area (Å²) in [5.74, 6) is -1.74. The molecule has 1 aliphatic carbocycles. The molecule has 5 nitrogen and oxygen atoms in total. The summed E-state index contributed by atoms with van der Waals surface area (Å²) in [6, 6.07) is 11.9. The molecule has 1 aliphatic rings. The van der Waals surface area contributed by atoms with Gasteiger partial charge in [-0.3, -0.25) is 4.79 Å². The lowest BCUT2D eigenvalue weighted by atomic mass is 9.89. The lowest BCUT2D eigenvalue weighted by molar-refractivity contribution is -0.150. The van der Waals surface area contributed by atoms with E-state index in [1.165, 1.54) is 42.2 Å². The van der Waals surface area contributed by atoms with Gasteiger partial charge in [0.25, 0.3) is 5.91 Å². The van der Waals surface area contributed by atoms with Crippen molar-refractivity contribution in [3.05, 3.63) is 65.0 Å². The van der Waals surface area contributed by atoms with Gasteiger partial charge >= 0.3 is 5.97 Å². The molecule has 0 radical (unpaired) electrons. The van der Waals surface area contributed by atoms with Crippen LogP contribution in [0.1, 0.15) is 42.5 Å². The minimum Gasteiger partial charge on any atom is -0.479 e. The molecule has 28 heavy (non-hydrogen) atoms. The number of carbonyl (C=O) groups is 2. The van der Waals surface area contributed by atoms with Crippen LogP contribution in [0.5, 0.6) is 5.75 Å². The van der Waals surface area contributed by atoms with E-state index in [0.717, 1.165) is 18.4 Å². The molecule has 148 valence electrons. The maximum absolute atomic E-state index is 13.4. The van der Waals surface area contributed by atoms with E-state index in [0.29, 0.717) is 0 Å². The number of ether oxygens (including phenoxy) is 2. The number of hydrogen-bond donors (Lipinski definition) is 1. The second-order valence-electron chi connectivity index (χ2n) is 6.90. The van der Waals surface area contributed by atoms with Gasteiger partial charge in [0, 0.05) is 0 Å². The first-order valence-electron chi connectivity index (χ1n) is 9.47. The van der Waals surface area contributed by atoms with Gasteiger partial charge in [0.15, 0.2) is 24.8 Å². The first kappa shape index (κ1) is 19.9. The van der Waals surface area contributed by atoms with Crippen molar-refractivity contribution in [2.45, 2.75) is 38.6 Å². The first-order chi connectivity index (χ1) is 13.5. The molecule has 0 bridgehead atoms. The van der Waals surface area contributed by atoms with Gasteiger partial charge in [-0.25, -0.2) is 9.18 Å². The Morgan fingerprint density at radius 2 is 1.82 bits per heavy atom. The van der Waals surface area contributed by atoms with E-state index in [1.54, 1.807) is 6.07 Å². The number of amides is 1. The van der Waals surface area contributed by atoms with Crippen molar-refractivity contribution < 1.29 is 23.5 Å². The molecule has 0 aliphatic heterocycles. The molecule has 6 heteroatoms. The third kappa shape index (κ3) is 5.31. The van der Waals surface area contributed by atoms with E-state index in [2.05, 4.69) is 17.4 Å². The Morgan fingerprint density at radius 1 is 1.07 bits per heavy atom. The first-order valence-corrected chi connectivity index (χ1v) is 9.47. The van der Waals surface area contributed by atoms with Crippen LogP contribution in [0.15, 0.2) is 42.5 Å². The maximum atomic E-state index is 13.4. The third-order valence-electron chi connectivity index (χ3n) is 4.80. The molecular formula is C22H24FNO4. The zero-order valence-corrected chi connectivity index (χ0v) is 15.9. The quantitative estimate of drug-likeness (QED) is 0.741. The normalized spacial score (nSPS) is 13.9. The van der Waals surface area contributed by atoms with Crippen LogP contribution in [-0.4, -0.2) is 25.1 Å². The molecule has 1 atom stereocenters. The minimum atomic E-state index is -0.736. The fraction of sp³-hybridized carbons (Fsp3) is 0.364. The molecule has 0 heterocycles. The Balaban J connectivity index is 1.43. The van der Waals surface area contributed by atoms with Crippen molar-refractivity contribution in [3.63, 3.8) is 0 Å². The smallest absolute Gasteiger partial charge is 0.344 e. The predicted octanol–water partition coefficient (Wildman–Crippen LogP) is 3.50. The molecule has 2 aromatic rings. The summed E-state index contributed by atoms with van der Waals surface area (Å²) < 4.78 is 23.4. The monoisotopic (exact) mass is 385 g/mol. The van der Waals surface area contributed by atoms with Gasteiger partial charge in [-0.15, -0.1) is 0 Å². The zero-order valence-electron chi connectivity index (χ0n) is 15.9. The Hall–Kier alpha value is -2.89. The van der Waals surface area contributed by atoms with Crippen molar-refractivity contribution in [2.24, 2.45) is 0 Å². The summed E-state index contributed by atoms with van der Waals surface area (Å²) in [5, 5.41) is 2.82. The lowest BCUT2D eigenvalue weighted by Gasteiger charge is -2.20. The maximum Gasteiger partial charge on any atom is 0.344 e. The van der Waals surface area contributed by atoms with E-state index in [9.17, 15) is 14.0 Å². The molecule has 1 amide bonds. The van der Waals surface area contributed by atoms with Crippen molar-refractivity contribution >= 4 is 11.9 Å². The molecule has 0 saturated heterocycles. The molecular weight excluding hydrogens is 361 g/mol. The highest BCUT2D eigenvalue weighted by Crippen LogP contribution is 2.24. The van der Waals surface area contributed by atoms with Crippen LogP contribution < -0.4 is 10.1 Å². The molecule has 3 rings (SSSR count). The summed E-state index contributed by atoms with van der Waals surface area (Å²) in [5.41, 5.74) is 3.77. The molecule has 1 N–H and O–H groups in total. The molecule has 2 aromatic carbocycles. The van der Waals surface area contributed by atoms with Crippen LogP contribution in [0, 0.1) is 5.82 Å². The van der Waals surface area contributed by atoms with E-state index >= 15 is 0 Å². The number of benzene rings is 2. The number of para-hydroxylation sites is 1. The van der Waals surface area contributed by atoms with Gasteiger partial charge in [-0.2, -0.15) is 0 Å². The Kier molecular flexibility index (Phi) is 6.63. The van der Waals surface area contributed by atoms with E-state index in [4.69, 9.17) is 9.47 Å². The summed E-state index contributed by atoms with van der Waals surface area (Å²) in [7, 11) is 0. The van der Waals surface area contributed by atoms with Crippen molar-refractivity contribution in [3.8, 4) is 5.75 Å². The summed E-state index contributed by atoms with van der Waals surface area (Å²) in [6.07, 6.45) is 4.61. The average molecular weight is 385 g/mol. The Bertz CT molecular complexity index is 852. The van der Waals surface area contributed by atoms with Gasteiger partial charge in [-0.1, -0.05) is 30.3 Å². The standard InChI is InChI=1S/C22H24FNO4/c1-15(17-11-10-16-6-2-3-7-18(16)12-17)24-21(25)13-28-22(26)14-27-20-9-5-4-8-19(20)23/h4-5,8-12,15H,2-3,6-7,13-14H2,1H3,(H,24,25)/t15-/m1/s1. The van der Waals surface area contributed by atoms with Crippen LogP contribution in [0.3, 0.4) is 0 Å². The highest BCUT2D eigenvalue weighted by molar-refractivity contribution is 5.81. The molecule has 0 spiro atoms. The molecule has 0 unspecified atom stereocenters. The van der Waals surface area contributed by atoms with Gasteiger partial charge in [0.05, 0.1) is 6.04 Å². The zero-order chi connectivity index (χ0) is 19.9. The van der Waals surface area contributed by atoms with Gasteiger partial charge in [-0.05, 0) is 61.4 Å². The largest absolute Gasteiger partial charge is 0.479 e. The van der Waals surface area contributed by atoms with Crippen LogP contribution in [0.25, 0.3) is 0 Å². The van der Waals surface area contributed by atoms with Gasteiger partial charge < -0.3 is 14.8 Å². The lowest BCUT2D eigenvalue weighted by Crippen LogP contribution is -2.32. The highest BCUT2D eigenvalue weighted by atomic mass is 19.1. The van der Waals surface area contributed by atoms with E-state index < -0.39 is 30.9 Å². The summed E-state index contributed by atoms with van der Waals surface area (Å²) in [4.78, 5) is 23.8. The fourth-order valence-corrected chi connectivity index (χ4v) is 3.28. The number of nitrogens with one attached hydrogen (secondary N) is 1. The topological polar surface area (TPSA) is 64.6 Å². The number of hydrogen-bond acceptors (Lipinski definition) is 4. The number of halogens is 1. The van der Waals surface area contributed by atoms with Crippen LogP contribution in [0.4, 0.5) is 4.39 Å². The predicted molar refractivity (Wildman–Crippen MR) is 102 cm³/mol. The fourth-order valence-electron chi connectivity index (χ4n) is 3.28. The van der Waals surface area contributed by atoms with E-state index in [-0.39, 0.29) is 11.8 Å². The second kappa shape index (κ2) is 9.35. The number of carbonyl (C=O) groups excluding carboxylic acids is 2. The molecule has 0 aromatic heterocycles. The molecule has 0 saturated carbocycles. The van der Waals surface area contributed by atoms with Gasteiger partial charge in [0.2, 0.25) is 0 Å². The second-order valence-corrected chi connectivity index (χ2v) is 6.90. The van der Waals surface area contributed by atoms with Crippen LogP contribution in [0.2, 0.25) is 0 Å². The van der Waals surface area contributed by atoms with E-state index in [1.807, 2.05) is 13.0 Å². The average Bonchev–Trinajstić information content (AvgIpc) is 2.71. The number of esters is 1. The van der Waals surface area contributed by atoms with Crippen LogP contribution in [-0.2, 0) is 27.2 Å². The minimum absolute atomic E-state index is 0.0371. The third-order valence-corrected chi connectivity index (χ3v) is 4.80. The Morgan fingerprint density at radius 3 is 2.61 bits per heavy atom. The number of rotatable bonds is 7. The molecule has 0 fully saturated rings. The van der Waals surface area contributed by atoms with Crippen molar-refractivity contribution in [1.29, 1.82) is 0 Å². The SMILES string of the molecule is C[C@@H](NC(=O)COC(=O)COc1ccccc1F)c1ccc2c(c1)CCCC2. The number of fused-ring (bicyclic) bond motifs is 1. The summed E-state index contributed by atoms with van der Waals surface area (Å²) >= 11 is 0. The highest BCUT2D eigenvalue weighted by Gasteiger charge is 2.15. The van der Waals surface area contributed by atoms with Crippen molar-refractivity contribution in [2.75, 3.05) is 13.2 Å². The Labute approximate surface area is 163 Å². The number of aryl methyl sites for hydroxylation is 2.